The zero-order valence-electron chi connectivity index (χ0n) is 9.19. The second-order valence-electron chi connectivity index (χ2n) is 3.76. The van der Waals surface area contributed by atoms with E-state index in [0.717, 1.165) is 16.7 Å². The van der Waals surface area contributed by atoms with Gasteiger partial charge in [-0.15, -0.1) is 0 Å². The predicted octanol–water partition coefficient (Wildman–Crippen LogP) is 2.00. The van der Waals surface area contributed by atoms with E-state index in [0.29, 0.717) is 6.04 Å². The molecule has 0 aliphatic carbocycles. The van der Waals surface area contributed by atoms with Crippen molar-refractivity contribution in [1.82, 2.24) is 9.89 Å². The van der Waals surface area contributed by atoms with E-state index in [9.17, 15) is 0 Å². The lowest BCUT2D eigenvalue weighted by atomic mass is 10.2. The summed E-state index contributed by atoms with van der Waals surface area (Å²) in [5.41, 5.74) is 4.29. The molecule has 1 N–H and O–H groups in total. The normalized spacial score (nSPS) is 10.9. The Balaban J connectivity index is 2.43. The Hall–Kier alpha value is -1.71. The van der Waals surface area contributed by atoms with Crippen molar-refractivity contribution >= 4 is 10.9 Å². The number of nitrogens with zero attached hydrogens (tertiary/aromatic N) is 2. The van der Waals surface area contributed by atoms with Gasteiger partial charge in [0.25, 0.3) is 0 Å². The minimum absolute atomic E-state index is 0.357. The lowest BCUT2D eigenvalue weighted by Gasteiger charge is -2.10. The first-order valence-electron chi connectivity index (χ1n) is 4.99. The predicted molar refractivity (Wildman–Crippen MR) is 60.8 cm³/mol. The molecule has 0 unspecified atom stereocenters. The van der Waals surface area contributed by atoms with Gasteiger partial charge in [0.05, 0.1) is 18.8 Å². The lowest BCUT2D eigenvalue weighted by Crippen LogP contribution is -2.22. The molecule has 0 amide bonds. The third kappa shape index (κ3) is 1.88. The Kier molecular flexibility index (Phi) is 2.49. The largest absolute Gasteiger partial charge is 0.497 e. The van der Waals surface area contributed by atoms with E-state index < -0.39 is 0 Å². The monoisotopic (exact) mass is 205 g/mol. The van der Waals surface area contributed by atoms with Crippen LogP contribution >= 0.6 is 0 Å². The van der Waals surface area contributed by atoms with Crippen LogP contribution in [0.5, 0.6) is 5.75 Å². The second kappa shape index (κ2) is 3.81. The van der Waals surface area contributed by atoms with Crippen molar-refractivity contribution in [2.24, 2.45) is 0 Å². The summed E-state index contributed by atoms with van der Waals surface area (Å²) >= 11 is 0. The zero-order valence-corrected chi connectivity index (χ0v) is 9.19. The molecule has 1 aromatic heterocycles. The molecule has 1 heterocycles. The molecule has 80 valence electrons. The highest BCUT2D eigenvalue weighted by atomic mass is 16.5. The van der Waals surface area contributed by atoms with Crippen molar-refractivity contribution in [3.63, 3.8) is 0 Å². The van der Waals surface area contributed by atoms with Crippen LogP contribution in [0.1, 0.15) is 13.8 Å². The van der Waals surface area contributed by atoms with Crippen molar-refractivity contribution in [3.8, 4) is 5.75 Å². The third-order valence-electron chi connectivity index (χ3n) is 2.16. The fourth-order valence-electron chi connectivity index (χ4n) is 1.49. The summed E-state index contributed by atoms with van der Waals surface area (Å²) in [4.78, 5) is 1.79. The van der Waals surface area contributed by atoms with Crippen LogP contribution in [-0.4, -0.2) is 23.0 Å². The van der Waals surface area contributed by atoms with E-state index in [1.165, 1.54) is 0 Å². The maximum absolute atomic E-state index is 5.16. The summed E-state index contributed by atoms with van der Waals surface area (Å²) in [6, 6.07) is 6.26. The molecule has 0 spiro atoms. The number of aromatic nitrogens is 2. The average molecular weight is 205 g/mol. The molecule has 1 aromatic carbocycles. The first-order chi connectivity index (χ1) is 7.20. The van der Waals surface area contributed by atoms with Crippen LogP contribution in [0.25, 0.3) is 10.9 Å². The molecular formula is C11H15N3O. The highest BCUT2D eigenvalue weighted by Crippen LogP contribution is 2.19. The fourth-order valence-corrected chi connectivity index (χ4v) is 1.49. The summed E-state index contributed by atoms with van der Waals surface area (Å²) in [5, 5.41) is 5.33. The molecule has 4 nitrogen and oxygen atoms in total. The van der Waals surface area contributed by atoms with Crippen molar-refractivity contribution in [2.75, 3.05) is 12.5 Å². The molecule has 15 heavy (non-hydrogen) atoms. The average Bonchev–Trinajstić information content (AvgIpc) is 2.60. The van der Waals surface area contributed by atoms with E-state index in [-0.39, 0.29) is 0 Å². The Morgan fingerprint density at radius 2 is 2.20 bits per heavy atom. The van der Waals surface area contributed by atoms with Crippen LogP contribution in [0.3, 0.4) is 0 Å². The molecule has 0 fully saturated rings. The molecular weight excluding hydrogens is 190 g/mol. The maximum Gasteiger partial charge on any atom is 0.119 e. The van der Waals surface area contributed by atoms with E-state index >= 15 is 0 Å². The van der Waals surface area contributed by atoms with Gasteiger partial charge in [-0.1, -0.05) is 0 Å². The molecule has 0 saturated carbocycles. The summed E-state index contributed by atoms with van der Waals surface area (Å²) in [6.45, 7) is 4.16. The number of rotatable bonds is 3. The van der Waals surface area contributed by atoms with Gasteiger partial charge < -0.3 is 10.2 Å². The summed E-state index contributed by atoms with van der Waals surface area (Å²) in [6.07, 6.45) is 1.83. The van der Waals surface area contributed by atoms with E-state index in [1.807, 2.05) is 24.4 Å². The van der Waals surface area contributed by atoms with Crippen LogP contribution in [0.2, 0.25) is 0 Å². The van der Waals surface area contributed by atoms with Crippen LogP contribution < -0.4 is 10.2 Å². The molecule has 0 saturated heterocycles. The van der Waals surface area contributed by atoms with E-state index in [1.54, 1.807) is 11.9 Å². The van der Waals surface area contributed by atoms with Gasteiger partial charge in [-0.2, -0.15) is 9.89 Å². The van der Waals surface area contributed by atoms with Gasteiger partial charge in [-0.3, -0.25) is 0 Å². The summed E-state index contributed by atoms with van der Waals surface area (Å²) in [5.74, 6) is 0.853. The number of hydrogen-bond acceptors (Lipinski definition) is 3. The van der Waals surface area contributed by atoms with E-state index in [2.05, 4.69) is 24.4 Å². The highest BCUT2D eigenvalue weighted by molar-refractivity contribution is 5.80. The smallest absolute Gasteiger partial charge is 0.119 e. The second-order valence-corrected chi connectivity index (χ2v) is 3.76. The minimum Gasteiger partial charge on any atom is -0.497 e. The van der Waals surface area contributed by atoms with Gasteiger partial charge in [0.1, 0.15) is 5.75 Å². The fraction of sp³-hybridized carbons (Fsp3) is 0.364. The Morgan fingerprint density at radius 3 is 2.87 bits per heavy atom. The number of hydrogen-bond donors (Lipinski definition) is 1. The number of ether oxygens (including phenoxy) is 1. The Labute approximate surface area is 88.8 Å². The number of nitrogens with one attached hydrogen (secondary N) is 1. The third-order valence-corrected chi connectivity index (χ3v) is 2.16. The van der Waals surface area contributed by atoms with Gasteiger partial charge in [-0.25, -0.2) is 0 Å². The lowest BCUT2D eigenvalue weighted by molar-refractivity contribution is 0.415. The highest BCUT2D eigenvalue weighted by Gasteiger charge is 2.04. The Bertz CT molecular complexity index is 462. The van der Waals surface area contributed by atoms with Crippen molar-refractivity contribution in [1.29, 1.82) is 0 Å². The number of fused-ring (bicyclic) bond motifs is 1. The number of methoxy groups -OCH3 is 1. The molecule has 0 radical (unpaired) electrons. The topological polar surface area (TPSA) is 39.1 Å². The first-order valence-corrected chi connectivity index (χ1v) is 4.99. The Morgan fingerprint density at radius 1 is 1.40 bits per heavy atom. The van der Waals surface area contributed by atoms with Gasteiger partial charge in [0.2, 0.25) is 0 Å². The quantitative estimate of drug-likeness (QED) is 0.833. The zero-order chi connectivity index (χ0) is 10.8. The van der Waals surface area contributed by atoms with Crippen molar-refractivity contribution < 1.29 is 4.74 Å². The van der Waals surface area contributed by atoms with Crippen molar-refractivity contribution in [3.05, 3.63) is 24.4 Å². The molecule has 0 aliphatic heterocycles. The van der Waals surface area contributed by atoms with Crippen LogP contribution in [0.15, 0.2) is 24.4 Å². The number of benzene rings is 1. The molecule has 2 aromatic rings. The summed E-state index contributed by atoms with van der Waals surface area (Å²) < 4.78 is 5.16. The van der Waals surface area contributed by atoms with Crippen LogP contribution in [-0.2, 0) is 0 Å². The molecule has 0 aliphatic rings. The maximum atomic E-state index is 5.16. The van der Waals surface area contributed by atoms with E-state index in [4.69, 9.17) is 4.74 Å². The van der Waals surface area contributed by atoms with Crippen LogP contribution in [0, 0.1) is 0 Å². The molecule has 2 rings (SSSR count). The van der Waals surface area contributed by atoms with Gasteiger partial charge in [0.15, 0.2) is 0 Å². The van der Waals surface area contributed by atoms with Crippen LogP contribution in [0.4, 0.5) is 0 Å². The van der Waals surface area contributed by atoms with Gasteiger partial charge in [0, 0.05) is 11.4 Å². The van der Waals surface area contributed by atoms with Gasteiger partial charge in [-0.05, 0) is 32.0 Å². The molecule has 0 bridgehead atoms. The van der Waals surface area contributed by atoms with Gasteiger partial charge >= 0.3 is 0 Å². The molecule has 4 heteroatoms. The summed E-state index contributed by atoms with van der Waals surface area (Å²) in [7, 11) is 1.66. The first kappa shape index (κ1) is 9.83. The molecule has 0 atom stereocenters. The SMILES string of the molecule is COc1ccc2c(cnn2NC(C)C)c1. The van der Waals surface area contributed by atoms with Crippen molar-refractivity contribution in [2.45, 2.75) is 19.9 Å². The standard InChI is InChI=1S/C11H15N3O/c1-8(2)13-14-11-5-4-10(15-3)6-9(11)7-12-14/h4-8,13H,1-3H3. The minimum atomic E-state index is 0.357.